The smallest absolute Gasteiger partial charge is 0.325 e. The van der Waals surface area contributed by atoms with Crippen LogP contribution in [0.15, 0.2) is 30.5 Å². The van der Waals surface area contributed by atoms with Crippen LogP contribution in [-0.4, -0.2) is 32.7 Å². The van der Waals surface area contributed by atoms with Gasteiger partial charge in [0, 0.05) is 11.3 Å². The molecule has 2 fully saturated rings. The Kier molecular flexibility index (Phi) is 3.76. The summed E-state index contributed by atoms with van der Waals surface area (Å²) in [6, 6.07) is 8.11. The second kappa shape index (κ2) is 5.99. The summed E-state index contributed by atoms with van der Waals surface area (Å²) in [5, 5.41) is 16.1. The van der Waals surface area contributed by atoms with Gasteiger partial charge in [0.1, 0.15) is 6.04 Å². The Hall–Kier alpha value is -3.14. The summed E-state index contributed by atoms with van der Waals surface area (Å²) in [6.45, 7) is 3.76. The van der Waals surface area contributed by atoms with E-state index < -0.39 is 6.04 Å². The molecule has 4 rings (SSSR count). The minimum absolute atomic E-state index is 0.143. The van der Waals surface area contributed by atoms with Crippen LogP contribution in [-0.2, 0) is 4.79 Å². The summed E-state index contributed by atoms with van der Waals surface area (Å²) < 4.78 is 1.75. The van der Waals surface area contributed by atoms with E-state index in [2.05, 4.69) is 16.5 Å². The molecule has 132 valence electrons. The van der Waals surface area contributed by atoms with Crippen LogP contribution >= 0.6 is 0 Å². The van der Waals surface area contributed by atoms with E-state index >= 15 is 0 Å². The molecule has 7 nitrogen and oxygen atoms in total. The van der Waals surface area contributed by atoms with E-state index in [1.165, 1.54) is 4.90 Å². The Morgan fingerprint density at radius 1 is 1.27 bits per heavy atom. The van der Waals surface area contributed by atoms with Gasteiger partial charge < -0.3 is 5.32 Å². The summed E-state index contributed by atoms with van der Waals surface area (Å²) >= 11 is 0. The van der Waals surface area contributed by atoms with Gasteiger partial charge in [-0.15, -0.1) is 0 Å². The number of aromatic nitrogens is 2. The first kappa shape index (κ1) is 16.3. The number of carbonyl (C=O) groups excluding carboxylic acids is 2. The Morgan fingerprint density at radius 2 is 1.96 bits per heavy atom. The van der Waals surface area contributed by atoms with Crippen molar-refractivity contribution in [2.45, 2.75) is 38.8 Å². The second-order valence-corrected chi connectivity index (χ2v) is 6.90. The third-order valence-corrected chi connectivity index (χ3v) is 5.22. The van der Waals surface area contributed by atoms with E-state index in [4.69, 9.17) is 5.26 Å². The molecule has 1 aromatic heterocycles. The molecule has 1 saturated heterocycles. The number of urea groups is 1. The van der Waals surface area contributed by atoms with Gasteiger partial charge >= 0.3 is 6.03 Å². The van der Waals surface area contributed by atoms with Crippen molar-refractivity contribution in [3.8, 4) is 11.8 Å². The van der Waals surface area contributed by atoms with Crippen LogP contribution in [0.5, 0.6) is 0 Å². The lowest BCUT2D eigenvalue weighted by Gasteiger charge is -2.21. The molecule has 3 amide bonds. The maximum Gasteiger partial charge on any atom is 0.325 e. The quantitative estimate of drug-likeness (QED) is 0.858. The fourth-order valence-electron chi connectivity index (χ4n) is 3.54. The van der Waals surface area contributed by atoms with Crippen LogP contribution in [0.4, 0.5) is 4.79 Å². The second-order valence-electron chi connectivity index (χ2n) is 6.90. The molecule has 1 N–H and O–H groups in total. The molecule has 2 aliphatic rings. The molecule has 2 heterocycles. The van der Waals surface area contributed by atoms with Crippen molar-refractivity contribution < 1.29 is 9.59 Å². The Morgan fingerprint density at radius 3 is 2.58 bits per heavy atom. The van der Waals surface area contributed by atoms with E-state index in [9.17, 15) is 9.59 Å². The van der Waals surface area contributed by atoms with Gasteiger partial charge in [0.05, 0.1) is 29.6 Å². The molecule has 7 heteroatoms. The fourth-order valence-corrected chi connectivity index (χ4v) is 3.54. The van der Waals surface area contributed by atoms with Crippen molar-refractivity contribution in [2.24, 2.45) is 5.92 Å². The maximum absolute atomic E-state index is 12.7. The Labute approximate surface area is 151 Å². The molecule has 0 radical (unpaired) electrons. The predicted octanol–water partition coefficient (Wildman–Crippen LogP) is 2.44. The van der Waals surface area contributed by atoms with Gasteiger partial charge in [-0.3, -0.25) is 9.69 Å². The zero-order valence-electron chi connectivity index (χ0n) is 14.6. The molecular weight excluding hydrogens is 330 g/mol. The van der Waals surface area contributed by atoms with Crippen molar-refractivity contribution in [2.75, 3.05) is 0 Å². The summed E-state index contributed by atoms with van der Waals surface area (Å²) in [6.07, 6.45) is 3.69. The molecular formula is C19H19N5O2. The van der Waals surface area contributed by atoms with Crippen LogP contribution in [0, 0.1) is 24.2 Å². The average molecular weight is 349 g/mol. The van der Waals surface area contributed by atoms with Crippen molar-refractivity contribution in [3.05, 3.63) is 47.3 Å². The molecule has 26 heavy (non-hydrogen) atoms. The number of rotatable bonds is 4. The van der Waals surface area contributed by atoms with E-state index in [0.29, 0.717) is 5.56 Å². The minimum Gasteiger partial charge on any atom is -0.325 e. The monoisotopic (exact) mass is 349 g/mol. The van der Waals surface area contributed by atoms with Gasteiger partial charge in [-0.1, -0.05) is 0 Å². The van der Waals surface area contributed by atoms with Gasteiger partial charge in [-0.2, -0.15) is 10.4 Å². The van der Waals surface area contributed by atoms with Gasteiger partial charge in [-0.05, 0) is 56.9 Å². The average Bonchev–Trinajstić information content (AvgIpc) is 3.35. The summed E-state index contributed by atoms with van der Waals surface area (Å²) in [5.74, 6) is 0.140. The minimum atomic E-state index is -0.390. The first-order valence-electron chi connectivity index (χ1n) is 8.70. The standard InChI is InChI=1S/C19H19N5O2/c1-11(23-18(25)17(14-5-6-14)22-19(23)26)16-10-21-24(12(16)2)15-7-3-13(9-20)4-8-15/h3-4,7-8,10-11,14,17H,5-6H2,1-2H3,(H,22,26)/t11-,17+/m1/s1. The Bertz CT molecular complexity index is 920. The van der Waals surface area contributed by atoms with Crippen LogP contribution in [0.2, 0.25) is 0 Å². The number of hydrogen-bond acceptors (Lipinski definition) is 4. The lowest BCUT2D eigenvalue weighted by atomic mass is 10.1. The SMILES string of the molecule is Cc1c([C@@H](C)N2C(=O)N[C@@H](C3CC3)C2=O)cnn1-c1ccc(C#N)cc1. The van der Waals surface area contributed by atoms with E-state index in [-0.39, 0.29) is 23.9 Å². The first-order valence-corrected chi connectivity index (χ1v) is 8.70. The number of hydrogen-bond donors (Lipinski definition) is 1. The molecule has 1 saturated carbocycles. The number of amides is 3. The molecule has 2 aromatic rings. The number of carbonyl (C=O) groups is 2. The number of benzene rings is 1. The number of nitriles is 1. The Balaban J connectivity index is 1.62. The summed E-state index contributed by atoms with van der Waals surface area (Å²) in [7, 11) is 0. The van der Waals surface area contributed by atoms with Gasteiger partial charge in [-0.25, -0.2) is 9.48 Å². The van der Waals surface area contributed by atoms with Crippen molar-refractivity contribution in [1.82, 2.24) is 20.0 Å². The molecule has 2 atom stereocenters. The van der Waals surface area contributed by atoms with Gasteiger partial charge in [0.25, 0.3) is 5.91 Å². The highest BCUT2D eigenvalue weighted by Gasteiger charge is 2.48. The number of nitrogens with one attached hydrogen (secondary N) is 1. The highest BCUT2D eigenvalue weighted by atomic mass is 16.2. The first-order chi connectivity index (χ1) is 12.5. The van der Waals surface area contributed by atoms with E-state index in [1.807, 2.05) is 26.0 Å². The van der Waals surface area contributed by atoms with E-state index in [0.717, 1.165) is 29.8 Å². The topological polar surface area (TPSA) is 91.0 Å². The third-order valence-electron chi connectivity index (χ3n) is 5.22. The van der Waals surface area contributed by atoms with Gasteiger partial charge in [0.2, 0.25) is 0 Å². The molecule has 0 unspecified atom stereocenters. The lowest BCUT2D eigenvalue weighted by Crippen LogP contribution is -2.34. The molecule has 1 aliphatic heterocycles. The zero-order valence-corrected chi connectivity index (χ0v) is 14.6. The number of imide groups is 1. The van der Waals surface area contributed by atoms with Crippen LogP contribution < -0.4 is 5.32 Å². The van der Waals surface area contributed by atoms with Crippen LogP contribution in [0.25, 0.3) is 5.69 Å². The third kappa shape index (κ3) is 2.54. The van der Waals surface area contributed by atoms with Crippen molar-refractivity contribution in [3.63, 3.8) is 0 Å². The summed E-state index contributed by atoms with van der Waals surface area (Å²) in [5.41, 5.74) is 3.09. The highest BCUT2D eigenvalue weighted by Crippen LogP contribution is 2.37. The van der Waals surface area contributed by atoms with Crippen molar-refractivity contribution >= 4 is 11.9 Å². The zero-order chi connectivity index (χ0) is 18.4. The molecule has 0 bridgehead atoms. The van der Waals surface area contributed by atoms with E-state index in [1.54, 1.807) is 23.0 Å². The summed E-state index contributed by atoms with van der Waals surface area (Å²) in [4.78, 5) is 26.3. The largest absolute Gasteiger partial charge is 0.325 e. The van der Waals surface area contributed by atoms with Gasteiger partial charge in [0.15, 0.2) is 0 Å². The molecule has 1 aromatic carbocycles. The normalized spacial score (nSPS) is 20.8. The molecule has 0 spiro atoms. The number of nitrogens with zero attached hydrogens (tertiary/aromatic N) is 4. The van der Waals surface area contributed by atoms with Crippen molar-refractivity contribution in [1.29, 1.82) is 5.26 Å². The fraction of sp³-hybridized carbons (Fsp3) is 0.368. The predicted molar refractivity (Wildman–Crippen MR) is 93.3 cm³/mol. The molecule has 1 aliphatic carbocycles. The van der Waals surface area contributed by atoms with Crippen LogP contribution in [0.1, 0.15) is 42.6 Å². The maximum atomic E-state index is 12.7. The lowest BCUT2D eigenvalue weighted by molar-refractivity contribution is -0.129. The highest BCUT2D eigenvalue weighted by molar-refractivity contribution is 6.05. The van der Waals surface area contributed by atoms with Crippen LogP contribution in [0.3, 0.4) is 0 Å².